The van der Waals surface area contributed by atoms with Gasteiger partial charge in [0, 0.05) is 28.7 Å². The van der Waals surface area contributed by atoms with Gasteiger partial charge in [-0.15, -0.1) is 5.11 Å². The Morgan fingerprint density at radius 3 is 2.68 bits per heavy atom. The third-order valence-electron chi connectivity index (χ3n) is 4.75. The number of nitrogens with one attached hydrogen (secondary N) is 1. The van der Waals surface area contributed by atoms with E-state index < -0.39 is 0 Å². The zero-order valence-electron chi connectivity index (χ0n) is 12.1. The Hall–Kier alpha value is -1.45. The average molecular weight is 259 g/mol. The van der Waals surface area contributed by atoms with Crippen molar-refractivity contribution in [3.8, 4) is 0 Å². The monoisotopic (exact) mass is 259 g/mol. The first-order valence-electron chi connectivity index (χ1n) is 7.02. The molecule has 102 valence electrons. The van der Waals surface area contributed by atoms with Gasteiger partial charge in [0.2, 0.25) is 0 Å². The smallest absolute Gasteiger partial charge is 0.162 e. The van der Waals surface area contributed by atoms with Gasteiger partial charge in [-0.2, -0.15) is 5.11 Å². The molecule has 0 aromatic carbocycles. The van der Waals surface area contributed by atoms with Gasteiger partial charge in [-0.25, -0.2) is 0 Å². The van der Waals surface area contributed by atoms with Crippen molar-refractivity contribution < 1.29 is 4.79 Å². The van der Waals surface area contributed by atoms with Crippen molar-refractivity contribution in [3.05, 3.63) is 22.7 Å². The Bertz CT molecular complexity index is 554. The molecule has 1 N–H and O–H groups in total. The molecule has 0 fully saturated rings. The second-order valence-electron chi connectivity index (χ2n) is 6.83. The number of carbonyl (C=O) groups is 1. The molecule has 4 nitrogen and oxygen atoms in total. The maximum absolute atomic E-state index is 12.6. The first-order chi connectivity index (χ1) is 8.87. The largest absolute Gasteiger partial charge is 0.342 e. The van der Waals surface area contributed by atoms with Crippen LogP contribution in [-0.4, -0.2) is 12.3 Å². The summed E-state index contributed by atoms with van der Waals surface area (Å²) >= 11 is 0. The lowest BCUT2D eigenvalue weighted by molar-refractivity contribution is -0.119. The van der Waals surface area contributed by atoms with E-state index in [1.54, 1.807) is 0 Å². The Balaban J connectivity index is 2.13. The van der Waals surface area contributed by atoms with E-state index in [4.69, 9.17) is 0 Å². The Kier molecular flexibility index (Phi) is 2.50. The van der Waals surface area contributed by atoms with Gasteiger partial charge < -0.3 is 5.32 Å². The van der Waals surface area contributed by atoms with Crippen LogP contribution in [0.25, 0.3) is 0 Å². The zero-order valence-corrected chi connectivity index (χ0v) is 12.1. The molecule has 19 heavy (non-hydrogen) atoms. The molecule has 0 bridgehead atoms. The summed E-state index contributed by atoms with van der Waals surface area (Å²) in [5.41, 5.74) is 3.09. The summed E-state index contributed by atoms with van der Waals surface area (Å²) in [4.78, 5) is 12.6. The second-order valence-corrected chi connectivity index (χ2v) is 6.83. The Labute approximate surface area is 114 Å². The van der Waals surface area contributed by atoms with Crippen LogP contribution in [0.3, 0.4) is 0 Å². The maximum atomic E-state index is 12.6. The Morgan fingerprint density at radius 2 is 2.00 bits per heavy atom. The summed E-state index contributed by atoms with van der Waals surface area (Å²) in [6.07, 6.45) is 2.47. The molecular formula is C15H21N3O. The predicted octanol–water partition coefficient (Wildman–Crippen LogP) is 3.33. The average Bonchev–Trinajstić information content (AvgIpc) is 2.75. The Morgan fingerprint density at radius 1 is 1.26 bits per heavy atom. The van der Waals surface area contributed by atoms with E-state index in [1.165, 1.54) is 5.57 Å². The van der Waals surface area contributed by atoms with E-state index in [-0.39, 0.29) is 10.8 Å². The van der Waals surface area contributed by atoms with Gasteiger partial charge in [0.1, 0.15) is 0 Å². The van der Waals surface area contributed by atoms with Crippen molar-refractivity contribution in [1.29, 1.82) is 0 Å². The molecule has 0 spiro atoms. The normalized spacial score (nSPS) is 32.3. The van der Waals surface area contributed by atoms with Crippen LogP contribution in [0.4, 0.5) is 0 Å². The standard InChI is InChI=1S/C15H21N3O/c1-5-15(4)9-8-16-18-13(9)17-10-6-14(2,3)7-11(19)12(10)15/h17H,5-8H2,1-4H3/t15-/m0/s1. The predicted molar refractivity (Wildman–Crippen MR) is 73.3 cm³/mol. The van der Waals surface area contributed by atoms with E-state index >= 15 is 0 Å². The molecule has 3 rings (SSSR count). The van der Waals surface area contributed by atoms with Crippen LogP contribution < -0.4 is 5.32 Å². The molecule has 2 aliphatic heterocycles. The van der Waals surface area contributed by atoms with Crippen molar-refractivity contribution in [3.63, 3.8) is 0 Å². The molecule has 2 heterocycles. The van der Waals surface area contributed by atoms with Crippen LogP contribution in [0.5, 0.6) is 0 Å². The number of hydrogen-bond donors (Lipinski definition) is 1. The van der Waals surface area contributed by atoms with Crippen molar-refractivity contribution in [1.82, 2.24) is 5.32 Å². The molecule has 0 radical (unpaired) electrons. The SMILES string of the molecule is CC[C@@]1(C)C2=C(N=NC2)NC2=C1C(=O)CC(C)(C)C2. The first-order valence-corrected chi connectivity index (χ1v) is 7.02. The first kappa shape index (κ1) is 12.6. The molecule has 4 heteroatoms. The third-order valence-corrected chi connectivity index (χ3v) is 4.75. The van der Waals surface area contributed by atoms with Gasteiger partial charge in [-0.1, -0.05) is 27.7 Å². The summed E-state index contributed by atoms with van der Waals surface area (Å²) in [6, 6.07) is 0. The molecule has 0 saturated heterocycles. The van der Waals surface area contributed by atoms with E-state index in [9.17, 15) is 4.79 Å². The minimum Gasteiger partial charge on any atom is -0.342 e. The third kappa shape index (κ3) is 1.69. The van der Waals surface area contributed by atoms with Crippen molar-refractivity contribution >= 4 is 5.78 Å². The van der Waals surface area contributed by atoms with Gasteiger partial charge in [0.15, 0.2) is 11.6 Å². The summed E-state index contributed by atoms with van der Waals surface area (Å²) in [7, 11) is 0. The number of Topliss-reactive ketones (excluding diaryl/α,β-unsaturated/α-hetero) is 1. The van der Waals surface area contributed by atoms with Crippen molar-refractivity contribution in [2.75, 3.05) is 6.54 Å². The molecule has 0 saturated carbocycles. The fraction of sp³-hybridized carbons (Fsp3) is 0.667. The topological polar surface area (TPSA) is 53.8 Å². The summed E-state index contributed by atoms with van der Waals surface area (Å²) in [5, 5.41) is 11.7. The number of carbonyl (C=O) groups excluding carboxylic acids is 1. The van der Waals surface area contributed by atoms with Gasteiger partial charge >= 0.3 is 0 Å². The van der Waals surface area contributed by atoms with E-state index in [0.717, 1.165) is 29.9 Å². The highest BCUT2D eigenvalue weighted by atomic mass is 16.1. The minimum absolute atomic E-state index is 0.0331. The number of rotatable bonds is 1. The van der Waals surface area contributed by atoms with E-state index in [2.05, 4.69) is 43.2 Å². The van der Waals surface area contributed by atoms with Gasteiger partial charge in [-0.3, -0.25) is 4.79 Å². The summed E-state index contributed by atoms with van der Waals surface area (Å²) in [6.45, 7) is 9.25. The van der Waals surface area contributed by atoms with Gasteiger partial charge in [0.25, 0.3) is 0 Å². The molecular weight excluding hydrogens is 238 g/mol. The lowest BCUT2D eigenvalue weighted by Crippen LogP contribution is -2.42. The fourth-order valence-corrected chi connectivity index (χ4v) is 3.60. The quantitative estimate of drug-likeness (QED) is 0.785. The lowest BCUT2D eigenvalue weighted by atomic mass is 9.63. The van der Waals surface area contributed by atoms with Crippen LogP contribution in [-0.2, 0) is 4.79 Å². The number of azo groups is 1. The number of hydrogen-bond acceptors (Lipinski definition) is 4. The molecule has 0 aromatic heterocycles. The second kappa shape index (κ2) is 3.78. The van der Waals surface area contributed by atoms with Crippen LogP contribution in [0.15, 0.2) is 32.9 Å². The number of ketones is 1. The number of dihydropyridines is 1. The fourth-order valence-electron chi connectivity index (χ4n) is 3.60. The van der Waals surface area contributed by atoms with E-state index in [0.29, 0.717) is 18.7 Å². The van der Waals surface area contributed by atoms with Crippen LogP contribution in [0.1, 0.15) is 47.0 Å². The van der Waals surface area contributed by atoms with Crippen LogP contribution in [0, 0.1) is 10.8 Å². The summed E-state index contributed by atoms with van der Waals surface area (Å²) < 4.78 is 0. The van der Waals surface area contributed by atoms with Crippen LogP contribution >= 0.6 is 0 Å². The molecule has 3 aliphatic rings. The highest BCUT2D eigenvalue weighted by Crippen LogP contribution is 2.51. The van der Waals surface area contributed by atoms with Crippen LogP contribution in [0.2, 0.25) is 0 Å². The molecule has 0 unspecified atom stereocenters. The lowest BCUT2D eigenvalue weighted by Gasteiger charge is -2.43. The highest BCUT2D eigenvalue weighted by Gasteiger charge is 2.47. The molecule has 1 aliphatic carbocycles. The number of nitrogens with zero attached hydrogens (tertiary/aromatic N) is 2. The van der Waals surface area contributed by atoms with E-state index in [1.807, 2.05) is 0 Å². The molecule has 0 amide bonds. The summed E-state index contributed by atoms with van der Waals surface area (Å²) in [5.74, 6) is 1.18. The highest BCUT2D eigenvalue weighted by molar-refractivity contribution is 5.99. The zero-order chi connectivity index (χ0) is 13.8. The molecule has 1 atom stereocenters. The van der Waals surface area contributed by atoms with Crippen molar-refractivity contribution in [2.45, 2.75) is 47.0 Å². The van der Waals surface area contributed by atoms with Gasteiger partial charge in [-0.05, 0) is 18.3 Å². The van der Waals surface area contributed by atoms with Gasteiger partial charge in [0.05, 0.1) is 6.54 Å². The number of allylic oxidation sites excluding steroid dienone is 2. The van der Waals surface area contributed by atoms with Crippen molar-refractivity contribution in [2.24, 2.45) is 21.1 Å². The molecule has 0 aromatic rings. The minimum atomic E-state index is -0.187. The maximum Gasteiger partial charge on any atom is 0.162 e.